The average Bonchev–Trinajstić information content (AvgIpc) is 2.41. The number of nitrogens with zero attached hydrogens (tertiary/aromatic N) is 1. The van der Waals surface area contributed by atoms with Crippen LogP contribution in [0.2, 0.25) is 5.02 Å². The summed E-state index contributed by atoms with van der Waals surface area (Å²) >= 11 is 5.74. The zero-order valence-corrected chi connectivity index (χ0v) is 12.2. The van der Waals surface area contributed by atoms with Crippen LogP contribution in [0.5, 0.6) is 0 Å². The van der Waals surface area contributed by atoms with Crippen LogP contribution in [0, 0.1) is 18.3 Å². The summed E-state index contributed by atoms with van der Waals surface area (Å²) in [6.45, 7) is 1.75. The number of halogens is 1. The molecule has 0 fully saturated rings. The Bertz CT molecular complexity index is 778. The smallest absolute Gasteiger partial charge is 0.261 e. The first kappa shape index (κ1) is 14.4. The molecule has 20 heavy (non-hydrogen) atoms. The van der Waals surface area contributed by atoms with Crippen LogP contribution in [0.15, 0.2) is 47.4 Å². The molecular formula is C14H11ClN2O2S. The fraction of sp³-hybridized carbons (Fsp3) is 0.0714. The molecule has 0 radical (unpaired) electrons. The fourth-order valence-electron chi connectivity index (χ4n) is 1.62. The standard InChI is InChI=1S/C14H11ClN2O2S/c1-10-2-7-14(8-11(10)9-16)20(18,19)17-13-5-3-12(15)4-6-13/h2-8,17H,1H3. The highest BCUT2D eigenvalue weighted by molar-refractivity contribution is 7.92. The molecule has 0 atom stereocenters. The van der Waals surface area contributed by atoms with Crippen molar-refractivity contribution in [1.82, 2.24) is 0 Å². The van der Waals surface area contributed by atoms with Crippen molar-refractivity contribution >= 4 is 27.3 Å². The minimum atomic E-state index is -3.72. The molecule has 1 N–H and O–H groups in total. The van der Waals surface area contributed by atoms with Crippen molar-refractivity contribution in [2.75, 3.05) is 4.72 Å². The number of anilines is 1. The zero-order valence-electron chi connectivity index (χ0n) is 10.6. The van der Waals surface area contributed by atoms with E-state index in [1.54, 1.807) is 37.3 Å². The third-order valence-corrected chi connectivity index (χ3v) is 4.37. The van der Waals surface area contributed by atoms with Gasteiger partial charge >= 0.3 is 0 Å². The lowest BCUT2D eigenvalue weighted by Gasteiger charge is -2.09. The summed E-state index contributed by atoms with van der Waals surface area (Å²) in [5.41, 5.74) is 1.48. The Morgan fingerprint density at radius 1 is 1.15 bits per heavy atom. The van der Waals surface area contributed by atoms with E-state index in [1.165, 1.54) is 12.1 Å². The molecular weight excluding hydrogens is 296 g/mol. The molecule has 0 unspecified atom stereocenters. The lowest BCUT2D eigenvalue weighted by molar-refractivity contribution is 0.601. The van der Waals surface area contributed by atoms with E-state index >= 15 is 0 Å². The van der Waals surface area contributed by atoms with E-state index in [4.69, 9.17) is 16.9 Å². The van der Waals surface area contributed by atoms with E-state index in [1.807, 2.05) is 6.07 Å². The number of aryl methyl sites for hydroxylation is 1. The first-order chi connectivity index (χ1) is 9.42. The van der Waals surface area contributed by atoms with Gasteiger partial charge in [0.25, 0.3) is 10.0 Å². The van der Waals surface area contributed by atoms with Crippen LogP contribution in [0.25, 0.3) is 0 Å². The molecule has 4 nitrogen and oxygen atoms in total. The van der Waals surface area contributed by atoms with Gasteiger partial charge in [-0.2, -0.15) is 5.26 Å². The second kappa shape index (κ2) is 5.53. The van der Waals surface area contributed by atoms with Gasteiger partial charge in [-0.3, -0.25) is 4.72 Å². The summed E-state index contributed by atoms with van der Waals surface area (Å²) in [7, 11) is -3.72. The third kappa shape index (κ3) is 3.10. The molecule has 2 aromatic rings. The van der Waals surface area contributed by atoms with Crippen LogP contribution >= 0.6 is 11.6 Å². The van der Waals surface area contributed by atoms with Crippen molar-refractivity contribution in [3.05, 3.63) is 58.6 Å². The Kier molecular flexibility index (Phi) is 3.98. The SMILES string of the molecule is Cc1ccc(S(=O)(=O)Nc2ccc(Cl)cc2)cc1C#N. The summed E-state index contributed by atoms with van der Waals surface area (Å²) in [4.78, 5) is 0.0506. The highest BCUT2D eigenvalue weighted by Gasteiger charge is 2.15. The van der Waals surface area contributed by atoms with Gasteiger partial charge in [-0.15, -0.1) is 0 Å². The highest BCUT2D eigenvalue weighted by Crippen LogP contribution is 2.20. The summed E-state index contributed by atoms with van der Waals surface area (Å²) in [5.74, 6) is 0. The zero-order chi connectivity index (χ0) is 14.8. The van der Waals surface area contributed by atoms with Gasteiger partial charge in [0.2, 0.25) is 0 Å². The number of hydrogen-bond acceptors (Lipinski definition) is 3. The molecule has 0 bridgehead atoms. The number of sulfonamides is 1. The van der Waals surface area contributed by atoms with Gasteiger partial charge in [-0.05, 0) is 48.9 Å². The van der Waals surface area contributed by atoms with E-state index < -0.39 is 10.0 Å². The van der Waals surface area contributed by atoms with Crippen molar-refractivity contribution in [2.45, 2.75) is 11.8 Å². The maximum atomic E-state index is 12.2. The predicted octanol–water partition coefficient (Wildman–Crippen LogP) is 3.32. The van der Waals surface area contributed by atoms with E-state index in [9.17, 15) is 8.42 Å². The van der Waals surface area contributed by atoms with Gasteiger partial charge < -0.3 is 0 Å². The van der Waals surface area contributed by atoms with Gasteiger partial charge in [0, 0.05) is 10.7 Å². The van der Waals surface area contributed by atoms with Crippen LogP contribution in [0.4, 0.5) is 5.69 Å². The van der Waals surface area contributed by atoms with Crippen molar-refractivity contribution in [1.29, 1.82) is 5.26 Å². The average molecular weight is 307 g/mol. The molecule has 2 rings (SSSR count). The number of nitriles is 1. The molecule has 0 spiro atoms. The Balaban J connectivity index is 2.36. The molecule has 0 aliphatic carbocycles. The number of rotatable bonds is 3. The summed E-state index contributed by atoms with van der Waals surface area (Å²) < 4.78 is 26.9. The van der Waals surface area contributed by atoms with Crippen molar-refractivity contribution in [3.63, 3.8) is 0 Å². The van der Waals surface area contributed by atoms with Gasteiger partial charge in [0.15, 0.2) is 0 Å². The van der Waals surface area contributed by atoms with Gasteiger partial charge in [-0.25, -0.2) is 8.42 Å². The molecule has 102 valence electrons. The van der Waals surface area contributed by atoms with Crippen LogP contribution < -0.4 is 4.72 Å². The topological polar surface area (TPSA) is 70.0 Å². The minimum Gasteiger partial charge on any atom is -0.280 e. The number of hydrogen-bond donors (Lipinski definition) is 1. The molecule has 0 aliphatic rings. The van der Waals surface area contributed by atoms with Gasteiger partial charge in [0.1, 0.15) is 0 Å². The molecule has 0 amide bonds. The maximum Gasteiger partial charge on any atom is 0.261 e. The monoisotopic (exact) mass is 306 g/mol. The Labute approximate surface area is 122 Å². The summed E-state index contributed by atoms with van der Waals surface area (Å²) in [6.07, 6.45) is 0. The quantitative estimate of drug-likeness (QED) is 0.945. The Morgan fingerprint density at radius 3 is 2.40 bits per heavy atom. The Hall–Kier alpha value is -2.03. The minimum absolute atomic E-state index is 0.0506. The van der Waals surface area contributed by atoms with Crippen molar-refractivity contribution in [2.24, 2.45) is 0 Å². The maximum absolute atomic E-state index is 12.2. The van der Waals surface area contributed by atoms with Crippen LogP contribution in [0.1, 0.15) is 11.1 Å². The fourth-order valence-corrected chi connectivity index (χ4v) is 2.83. The third-order valence-electron chi connectivity index (χ3n) is 2.74. The van der Waals surface area contributed by atoms with E-state index in [0.29, 0.717) is 16.3 Å². The first-order valence-corrected chi connectivity index (χ1v) is 7.57. The van der Waals surface area contributed by atoms with Gasteiger partial charge in [-0.1, -0.05) is 17.7 Å². The molecule has 6 heteroatoms. The summed E-state index contributed by atoms with van der Waals surface area (Å²) in [5, 5.41) is 9.47. The molecule has 0 aliphatic heterocycles. The number of nitrogens with one attached hydrogen (secondary N) is 1. The van der Waals surface area contributed by atoms with Gasteiger partial charge in [0.05, 0.1) is 16.5 Å². The lowest BCUT2D eigenvalue weighted by atomic mass is 10.1. The van der Waals surface area contributed by atoms with E-state index in [0.717, 1.165) is 5.56 Å². The van der Waals surface area contributed by atoms with Crippen molar-refractivity contribution in [3.8, 4) is 6.07 Å². The largest absolute Gasteiger partial charge is 0.280 e. The van der Waals surface area contributed by atoms with Crippen LogP contribution in [-0.2, 0) is 10.0 Å². The van der Waals surface area contributed by atoms with E-state index in [-0.39, 0.29) is 4.90 Å². The van der Waals surface area contributed by atoms with Crippen LogP contribution in [-0.4, -0.2) is 8.42 Å². The number of benzene rings is 2. The normalized spacial score (nSPS) is 10.8. The summed E-state index contributed by atoms with van der Waals surface area (Å²) in [6, 6.07) is 12.7. The molecule has 0 aromatic heterocycles. The highest BCUT2D eigenvalue weighted by atomic mass is 35.5. The molecule has 2 aromatic carbocycles. The Morgan fingerprint density at radius 2 is 1.80 bits per heavy atom. The molecule has 0 saturated heterocycles. The van der Waals surface area contributed by atoms with Crippen LogP contribution in [0.3, 0.4) is 0 Å². The molecule has 0 heterocycles. The lowest BCUT2D eigenvalue weighted by Crippen LogP contribution is -2.13. The van der Waals surface area contributed by atoms with Crippen molar-refractivity contribution < 1.29 is 8.42 Å². The second-order valence-corrected chi connectivity index (χ2v) is 6.32. The molecule has 0 saturated carbocycles. The second-order valence-electron chi connectivity index (χ2n) is 4.20. The van der Waals surface area contributed by atoms with E-state index in [2.05, 4.69) is 4.72 Å². The first-order valence-electron chi connectivity index (χ1n) is 5.71. The predicted molar refractivity (Wildman–Crippen MR) is 78.2 cm³/mol.